The second kappa shape index (κ2) is 29.4. The van der Waals surface area contributed by atoms with E-state index in [0.29, 0.717) is 18.9 Å². The normalized spacial score (nSPS) is 24.7. The van der Waals surface area contributed by atoms with Crippen LogP contribution in [0.1, 0.15) is 155 Å². The largest absolute Gasteiger partial charge is 0.394 e. The fraction of sp³-hybridized carbons (Fsp3) is 0.974. The molecule has 0 saturated carbocycles. The molecule has 2 heterocycles. The first-order valence-corrected chi connectivity index (χ1v) is 20.5. The van der Waals surface area contributed by atoms with Gasteiger partial charge in [-0.3, -0.25) is 4.79 Å². The molecule has 0 spiro atoms. The van der Waals surface area contributed by atoms with Crippen molar-refractivity contribution in [3.8, 4) is 0 Å². The third-order valence-electron chi connectivity index (χ3n) is 10.4. The summed E-state index contributed by atoms with van der Waals surface area (Å²) in [6.45, 7) is 3.70. The first-order valence-electron chi connectivity index (χ1n) is 20.5. The van der Waals surface area contributed by atoms with Gasteiger partial charge in [-0.15, -0.1) is 0 Å². The van der Waals surface area contributed by atoms with Crippen LogP contribution in [0.15, 0.2) is 0 Å². The van der Waals surface area contributed by atoms with Crippen LogP contribution in [0.4, 0.5) is 0 Å². The van der Waals surface area contributed by atoms with Gasteiger partial charge in [0.15, 0.2) is 6.29 Å². The summed E-state index contributed by atoms with van der Waals surface area (Å²) in [5, 5.41) is 64.9. The number of carbonyl (C=O) groups excluding carboxylic acids is 1. The number of amides is 1. The summed E-state index contributed by atoms with van der Waals surface area (Å²) in [7, 11) is 0. The van der Waals surface area contributed by atoms with E-state index in [1.54, 1.807) is 0 Å². The molecule has 8 atom stereocenters. The molecule has 0 aromatic rings. The van der Waals surface area contributed by atoms with Crippen LogP contribution in [-0.4, -0.2) is 125 Å². The third kappa shape index (κ3) is 20.4. The molecule has 0 aromatic carbocycles. The molecule has 0 aliphatic carbocycles. The van der Waals surface area contributed by atoms with Crippen molar-refractivity contribution in [1.82, 2.24) is 5.32 Å². The summed E-state index contributed by atoms with van der Waals surface area (Å²) in [5.41, 5.74) is 0. The van der Waals surface area contributed by atoms with E-state index in [0.717, 1.165) is 96.9 Å². The summed E-state index contributed by atoms with van der Waals surface area (Å²) in [4.78, 5) is 12.9. The zero-order valence-corrected chi connectivity index (χ0v) is 31.7. The van der Waals surface area contributed by atoms with Crippen LogP contribution in [0.25, 0.3) is 0 Å². The Morgan fingerprint density at radius 3 is 1.86 bits per heavy atom. The van der Waals surface area contributed by atoms with E-state index in [1.165, 1.54) is 51.4 Å². The van der Waals surface area contributed by atoms with Crippen LogP contribution in [0, 0.1) is 0 Å². The van der Waals surface area contributed by atoms with Crippen molar-refractivity contribution in [2.24, 2.45) is 0 Å². The number of ether oxygens (including phenoxy) is 4. The summed E-state index contributed by atoms with van der Waals surface area (Å²) in [6, 6.07) is -0.999. The Kier molecular flexibility index (Phi) is 26.7. The Hall–Kier alpha value is -0.930. The zero-order chi connectivity index (χ0) is 37.1. The van der Waals surface area contributed by atoms with E-state index in [1.807, 2.05) is 0 Å². The first kappa shape index (κ1) is 46.2. The average molecular weight is 734 g/mol. The highest BCUT2D eigenvalue weighted by molar-refractivity contribution is 5.76. The molecule has 0 aromatic heterocycles. The molecule has 0 bridgehead atoms. The quantitative estimate of drug-likeness (QED) is 0.0500. The van der Waals surface area contributed by atoms with Crippen molar-refractivity contribution >= 4 is 5.91 Å². The topological polar surface area (TPSA) is 187 Å². The van der Waals surface area contributed by atoms with E-state index >= 15 is 0 Å². The highest BCUT2D eigenvalue weighted by Crippen LogP contribution is 2.23. The molecule has 2 rings (SSSR count). The molecule has 0 radical (unpaired) electrons. The number of hydrogen-bond acceptors (Lipinski definition) is 11. The highest BCUT2D eigenvalue weighted by atomic mass is 16.7. The zero-order valence-electron chi connectivity index (χ0n) is 31.7. The number of nitrogens with one attached hydrogen (secondary N) is 1. The van der Waals surface area contributed by atoms with E-state index in [4.69, 9.17) is 18.9 Å². The maximum atomic E-state index is 12.9. The van der Waals surface area contributed by atoms with Crippen molar-refractivity contribution < 1.29 is 54.4 Å². The molecular weight excluding hydrogens is 658 g/mol. The monoisotopic (exact) mass is 734 g/mol. The molecule has 1 amide bonds. The predicted molar refractivity (Wildman–Crippen MR) is 196 cm³/mol. The van der Waals surface area contributed by atoms with Gasteiger partial charge in [-0.25, -0.2) is 0 Å². The molecule has 2 fully saturated rings. The summed E-state index contributed by atoms with van der Waals surface area (Å²) in [5.74, 6) is -0.278. The number of unbranched alkanes of at least 4 members (excludes halogenated alkanes) is 17. The second-order valence-electron chi connectivity index (χ2n) is 14.8. The summed E-state index contributed by atoms with van der Waals surface area (Å²) < 4.78 is 22.4. The molecule has 12 nitrogen and oxygen atoms in total. The van der Waals surface area contributed by atoms with Gasteiger partial charge in [-0.1, -0.05) is 116 Å². The van der Waals surface area contributed by atoms with Crippen molar-refractivity contribution in [2.75, 3.05) is 33.0 Å². The lowest BCUT2D eigenvalue weighted by molar-refractivity contribution is -0.303. The molecule has 5 unspecified atom stereocenters. The van der Waals surface area contributed by atoms with Crippen molar-refractivity contribution in [3.05, 3.63) is 0 Å². The fourth-order valence-electron chi connectivity index (χ4n) is 6.91. The van der Waals surface area contributed by atoms with Gasteiger partial charge in [0.25, 0.3) is 0 Å². The van der Waals surface area contributed by atoms with Gasteiger partial charge >= 0.3 is 0 Å². The van der Waals surface area contributed by atoms with Gasteiger partial charge in [-0.05, 0) is 32.1 Å². The van der Waals surface area contributed by atoms with E-state index in [-0.39, 0.29) is 18.9 Å². The fourth-order valence-corrected chi connectivity index (χ4v) is 6.91. The van der Waals surface area contributed by atoms with Crippen LogP contribution in [-0.2, 0) is 23.7 Å². The maximum absolute atomic E-state index is 12.9. The standard InChI is InChI=1S/C39H75NO11/c1-2-3-4-5-6-7-8-9-10-12-15-18-21-32(42)35(44)31(29-50-39-38(47)37(46)36(45)33(28-41)51-39)40-34(43)22-19-16-13-11-14-17-20-25-49-30-23-26-48-27-24-30/h30-33,35-39,41-42,44-47H,2-29H2,1H3,(H,40,43)/t31-,32+,33?,35-,36?,37?,38?,39?/m0/s1. The average Bonchev–Trinajstić information content (AvgIpc) is 3.14. The number of rotatable bonds is 31. The van der Waals surface area contributed by atoms with Gasteiger partial charge in [0.05, 0.1) is 31.5 Å². The minimum Gasteiger partial charge on any atom is -0.394 e. The lowest BCUT2D eigenvalue weighted by atomic mass is 9.98. The van der Waals surface area contributed by atoms with E-state index in [2.05, 4.69) is 12.2 Å². The SMILES string of the molecule is CCCCCCCCCCCCCC[C@@H](O)[C@@H](O)[C@H](COC1OC(CO)C(O)C(O)C1O)NC(=O)CCCCCCCCCOC1CCOCC1. The van der Waals surface area contributed by atoms with E-state index in [9.17, 15) is 35.4 Å². The smallest absolute Gasteiger partial charge is 0.220 e. The minimum absolute atomic E-state index is 0.261. The Morgan fingerprint density at radius 2 is 1.27 bits per heavy atom. The van der Waals surface area contributed by atoms with E-state index < -0.39 is 55.6 Å². The third-order valence-corrected chi connectivity index (χ3v) is 10.4. The molecular formula is C39H75NO11. The lowest BCUT2D eigenvalue weighted by Gasteiger charge is -2.40. The number of hydrogen-bond donors (Lipinski definition) is 7. The Labute approximate surface area is 308 Å². The van der Waals surface area contributed by atoms with Crippen molar-refractivity contribution in [1.29, 1.82) is 0 Å². The van der Waals surface area contributed by atoms with Gasteiger partial charge in [0.2, 0.25) is 5.91 Å². The molecule has 2 aliphatic heterocycles. The van der Waals surface area contributed by atoms with Crippen molar-refractivity contribution in [2.45, 2.75) is 210 Å². The Balaban J connectivity index is 1.70. The minimum atomic E-state index is -1.61. The lowest BCUT2D eigenvalue weighted by Crippen LogP contribution is -2.60. The molecule has 7 N–H and O–H groups in total. The molecule has 302 valence electrons. The summed E-state index contributed by atoms with van der Waals surface area (Å²) in [6.07, 6.45) is 14.5. The van der Waals surface area contributed by atoms with Crippen LogP contribution in [0.5, 0.6) is 0 Å². The molecule has 12 heteroatoms. The van der Waals surface area contributed by atoms with Crippen LogP contribution in [0.2, 0.25) is 0 Å². The first-order chi connectivity index (χ1) is 24.8. The number of carbonyl (C=O) groups is 1. The van der Waals surface area contributed by atoms with Crippen LogP contribution >= 0.6 is 0 Å². The Bertz CT molecular complexity index is 831. The van der Waals surface area contributed by atoms with Gasteiger partial charge < -0.3 is 54.9 Å². The predicted octanol–water partition coefficient (Wildman–Crippen LogP) is 4.42. The Morgan fingerprint density at radius 1 is 0.725 bits per heavy atom. The van der Waals surface area contributed by atoms with Crippen LogP contribution in [0.3, 0.4) is 0 Å². The second-order valence-corrected chi connectivity index (χ2v) is 14.8. The van der Waals surface area contributed by atoms with Gasteiger partial charge in [0, 0.05) is 26.2 Å². The maximum Gasteiger partial charge on any atom is 0.220 e. The molecule has 2 saturated heterocycles. The summed E-state index contributed by atoms with van der Waals surface area (Å²) >= 11 is 0. The van der Waals surface area contributed by atoms with Crippen LogP contribution < -0.4 is 5.32 Å². The number of aliphatic hydroxyl groups excluding tert-OH is 6. The van der Waals surface area contributed by atoms with Gasteiger partial charge in [-0.2, -0.15) is 0 Å². The van der Waals surface area contributed by atoms with Crippen molar-refractivity contribution in [3.63, 3.8) is 0 Å². The number of aliphatic hydroxyl groups is 6. The molecule has 2 aliphatic rings. The van der Waals surface area contributed by atoms with Gasteiger partial charge in [0.1, 0.15) is 30.5 Å². The molecule has 51 heavy (non-hydrogen) atoms. The highest BCUT2D eigenvalue weighted by Gasteiger charge is 2.44.